The van der Waals surface area contributed by atoms with E-state index in [0.717, 1.165) is 28.0 Å². The molecule has 0 unspecified atom stereocenters. The second-order valence-electron chi connectivity index (χ2n) is 20.4. The molecule has 0 radical (unpaired) electrons. The normalized spacial score (nSPS) is 17.2. The van der Waals surface area contributed by atoms with Crippen LogP contribution in [0.25, 0.3) is 0 Å². The zero-order chi connectivity index (χ0) is 53.8. The maximum Gasteiger partial charge on any atom is 0.285 e. The van der Waals surface area contributed by atoms with Gasteiger partial charge in [-0.1, -0.05) is 108 Å². The number of quaternary nitrogens is 1. The summed E-state index contributed by atoms with van der Waals surface area (Å²) in [5, 5.41) is 8.92. The SMILES string of the molecule is C#CCOc1cc(C[N+]2(CC(=O)N(C(=O)[C@@]3(C)CO3)[C@@H](CCc3ccccc3)C(=O)N[C@@H](CC(C)C)C(=O)N[C@@H](Cc3ccccc3)C(=O)NCCC(C)C)CCOCC2)ccc1OCC(C)C.CS(=O)(=O)[O-]. The molecule has 3 N–H and O–H groups in total. The number of terminal acetylenes is 1. The molecule has 2 saturated heterocycles. The molecule has 0 aliphatic carbocycles. The lowest BCUT2D eigenvalue weighted by Gasteiger charge is -2.42. The molecule has 3 aromatic carbocycles. The van der Waals surface area contributed by atoms with E-state index in [9.17, 15) is 14.4 Å². The van der Waals surface area contributed by atoms with Crippen LogP contribution in [0.1, 0.15) is 84.4 Å². The summed E-state index contributed by atoms with van der Waals surface area (Å²) >= 11 is 0. The molecule has 5 amide bonds. The van der Waals surface area contributed by atoms with Gasteiger partial charge in [0.2, 0.25) is 17.7 Å². The van der Waals surface area contributed by atoms with E-state index in [4.69, 9.17) is 38.3 Å². The first-order valence-electron chi connectivity index (χ1n) is 25.1. The number of imide groups is 1. The van der Waals surface area contributed by atoms with Gasteiger partial charge in [0.05, 0.1) is 36.5 Å². The third-order valence-electron chi connectivity index (χ3n) is 12.3. The highest BCUT2D eigenvalue weighted by Gasteiger charge is 2.54. The van der Waals surface area contributed by atoms with Crippen molar-refractivity contribution in [1.82, 2.24) is 20.9 Å². The van der Waals surface area contributed by atoms with Crippen molar-refractivity contribution >= 4 is 39.7 Å². The van der Waals surface area contributed by atoms with E-state index in [1.807, 2.05) is 92.7 Å². The van der Waals surface area contributed by atoms with Gasteiger partial charge in [0.1, 0.15) is 44.4 Å². The highest BCUT2D eigenvalue weighted by Crippen LogP contribution is 2.33. The van der Waals surface area contributed by atoms with Crippen LogP contribution >= 0.6 is 0 Å². The summed E-state index contributed by atoms with van der Waals surface area (Å²) < 4.78 is 50.9. The summed E-state index contributed by atoms with van der Waals surface area (Å²) in [6, 6.07) is 21.3. The smallest absolute Gasteiger partial charge is 0.285 e. The number of nitrogens with one attached hydrogen (secondary N) is 3. The molecular formula is C55H77N5O12S. The van der Waals surface area contributed by atoms with Crippen molar-refractivity contribution in [3.63, 3.8) is 0 Å². The summed E-state index contributed by atoms with van der Waals surface area (Å²) in [7, 11) is -3.92. The van der Waals surface area contributed by atoms with E-state index >= 15 is 9.59 Å². The lowest BCUT2D eigenvalue weighted by molar-refractivity contribution is -0.940. The first-order valence-corrected chi connectivity index (χ1v) is 27.0. The molecule has 18 heteroatoms. The Morgan fingerprint density at radius 3 is 1.96 bits per heavy atom. The van der Waals surface area contributed by atoms with Crippen molar-refractivity contribution in [2.45, 2.75) is 111 Å². The first kappa shape index (κ1) is 59.7. The van der Waals surface area contributed by atoms with Crippen molar-refractivity contribution in [3.05, 3.63) is 95.6 Å². The molecule has 0 bridgehead atoms. The Morgan fingerprint density at radius 1 is 0.795 bits per heavy atom. The van der Waals surface area contributed by atoms with Crippen LogP contribution in [-0.2, 0) is 63.0 Å². The minimum Gasteiger partial charge on any atom is -0.748 e. The lowest BCUT2D eigenvalue weighted by Crippen LogP contribution is -2.64. The molecule has 5 rings (SSSR count). The Hall–Kier alpha value is -5.84. The largest absolute Gasteiger partial charge is 0.748 e. The summed E-state index contributed by atoms with van der Waals surface area (Å²) in [5.41, 5.74) is 1.31. The number of carbonyl (C=O) groups excluding carboxylic acids is 5. The van der Waals surface area contributed by atoms with Gasteiger partial charge in [-0.25, -0.2) is 8.42 Å². The Balaban J connectivity index is 0.00000220. The van der Waals surface area contributed by atoms with Crippen LogP contribution in [0.2, 0.25) is 0 Å². The van der Waals surface area contributed by atoms with Crippen LogP contribution in [0.4, 0.5) is 0 Å². The average Bonchev–Trinajstić information content (AvgIpc) is 4.09. The Morgan fingerprint density at radius 2 is 1.40 bits per heavy atom. The molecule has 2 aliphatic heterocycles. The third-order valence-corrected chi connectivity index (χ3v) is 12.3. The molecule has 2 heterocycles. The second-order valence-corrected chi connectivity index (χ2v) is 21.9. The number of rotatable bonds is 26. The van der Waals surface area contributed by atoms with Crippen LogP contribution in [-0.4, -0.2) is 141 Å². The monoisotopic (exact) mass is 1030 g/mol. The van der Waals surface area contributed by atoms with Crippen LogP contribution < -0.4 is 25.4 Å². The third kappa shape index (κ3) is 20.9. The maximum absolute atomic E-state index is 15.2. The van der Waals surface area contributed by atoms with Gasteiger partial charge in [0, 0.05) is 24.8 Å². The highest BCUT2D eigenvalue weighted by atomic mass is 32.2. The van der Waals surface area contributed by atoms with Crippen molar-refractivity contribution in [3.8, 4) is 23.8 Å². The van der Waals surface area contributed by atoms with Crippen molar-refractivity contribution < 1.29 is 60.4 Å². The van der Waals surface area contributed by atoms with E-state index in [2.05, 4.69) is 49.6 Å². The molecule has 400 valence electrons. The number of morpholine rings is 1. The van der Waals surface area contributed by atoms with Crippen LogP contribution in [0.15, 0.2) is 78.9 Å². The standard InChI is InChI=1S/C54H73N5O9.CH4O3S/c1-9-28-66-48-33-43(21-23-47(48)67-36-40(6)7)34-59(26-29-65-30-27-59)35-49(60)58(53(64)54(8)37-68-54)46(22-20-41-16-12-10-13-17-41)52(63)57-44(31-39(4)5)51(62)56-45(32-42-18-14-11-15-19-42)50(61)55-25-24-38(2)3;1-5(2,3)4/h1,10-19,21,23,33,38-40,44-46H,20,22,24-32,34-37H2,2-8H3,(H2-,55,56,57,61,62,63);1H3,(H,2,3,4)/t44-,45-,46-,54+;/m0./s1. The van der Waals surface area contributed by atoms with Crippen LogP contribution in [0.3, 0.4) is 0 Å². The number of aryl methyl sites for hydroxylation is 1. The minimum atomic E-state index is -3.92. The van der Waals surface area contributed by atoms with Gasteiger partial charge >= 0.3 is 0 Å². The molecule has 2 aliphatic rings. The van der Waals surface area contributed by atoms with Gasteiger partial charge in [-0.2, -0.15) is 0 Å². The number of epoxide rings is 1. The summed E-state index contributed by atoms with van der Waals surface area (Å²) in [4.78, 5) is 74.3. The second kappa shape index (κ2) is 28.6. The van der Waals surface area contributed by atoms with Crippen LogP contribution in [0.5, 0.6) is 11.5 Å². The van der Waals surface area contributed by atoms with Gasteiger partial charge < -0.3 is 43.9 Å². The molecule has 0 spiro atoms. The summed E-state index contributed by atoms with van der Waals surface area (Å²) in [5.74, 6) is 1.47. The molecule has 0 aromatic heterocycles. The van der Waals surface area contributed by atoms with Crippen LogP contribution in [0, 0.1) is 30.1 Å². The number of hydrogen-bond acceptors (Lipinski definition) is 12. The Kier molecular flexibility index (Phi) is 23.4. The summed E-state index contributed by atoms with van der Waals surface area (Å²) in [6.07, 6.45) is 7.83. The Labute approximate surface area is 432 Å². The Bertz CT molecular complexity index is 2410. The number of hydrogen-bond donors (Lipinski definition) is 3. The van der Waals surface area contributed by atoms with E-state index in [0.29, 0.717) is 76.1 Å². The van der Waals surface area contributed by atoms with E-state index in [-0.39, 0.29) is 61.2 Å². The molecule has 73 heavy (non-hydrogen) atoms. The van der Waals surface area contributed by atoms with E-state index in [1.54, 1.807) is 6.92 Å². The predicted molar refractivity (Wildman–Crippen MR) is 277 cm³/mol. The van der Waals surface area contributed by atoms with Crippen molar-refractivity contribution in [1.29, 1.82) is 0 Å². The van der Waals surface area contributed by atoms with Gasteiger partial charge in [-0.15, -0.1) is 6.42 Å². The average molecular weight is 1030 g/mol. The fourth-order valence-electron chi connectivity index (χ4n) is 8.26. The number of nitrogens with zero attached hydrogens (tertiary/aromatic N) is 2. The fourth-order valence-corrected chi connectivity index (χ4v) is 8.26. The molecular weight excluding hydrogens is 955 g/mol. The van der Waals surface area contributed by atoms with Crippen molar-refractivity contribution in [2.75, 3.05) is 65.5 Å². The van der Waals surface area contributed by atoms with Gasteiger partial charge in [-0.3, -0.25) is 28.9 Å². The van der Waals surface area contributed by atoms with Crippen molar-refractivity contribution in [2.24, 2.45) is 17.8 Å². The molecule has 0 saturated carbocycles. The number of ether oxygens (including phenoxy) is 4. The predicted octanol–water partition coefficient (Wildman–Crippen LogP) is 4.81. The lowest BCUT2D eigenvalue weighted by atomic mass is 9.98. The zero-order valence-electron chi connectivity index (χ0n) is 43.9. The zero-order valence-corrected chi connectivity index (χ0v) is 44.7. The van der Waals surface area contributed by atoms with Gasteiger partial charge in [0.15, 0.2) is 23.6 Å². The van der Waals surface area contributed by atoms with E-state index < -0.39 is 57.5 Å². The molecule has 2 fully saturated rings. The molecule has 17 nitrogen and oxygen atoms in total. The topological polar surface area (TPSA) is 222 Å². The number of carbonyl (C=O) groups is 5. The quantitative estimate of drug-likeness (QED) is 0.0427. The van der Waals surface area contributed by atoms with Gasteiger partial charge in [-0.05, 0) is 79.7 Å². The van der Waals surface area contributed by atoms with E-state index in [1.165, 1.54) is 0 Å². The minimum absolute atomic E-state index is 0.0416. The highest BCUT2D eigenvalue weighted by molar-refractivity contribution is 7.84. The fraction of sp³-hybridized carbons (Fsp3) is 0.545. The maximum atomic E-state index is 15.2. The number of benzene rings is 3. The first-order chi connectivity index (χ1) is 34.5. The number of amides is 5. The molecule has 3 aromatic rings. The summed E-state index contributed by atoms with van der Waals surface area (Å²) in [6.45, 7) is 16.7. The van der Waals surface area contributed by atoms with Gasteiger partial charge in [0.25, 0.3) is 11.8 Å². The molecule has 4 atom stereocenters.